The monoisotopic (exact) mass is 404 g/mol. The van der Waals surface area contributed by atoms with Gasteiger partial charge < -0.3 is 25.4 Å². The fourth-order valence-electron chi connectivity index (χ4n) is 3.10. The van der Waals surface area contributed by atoms with Crippen molar-refractivity contribution in [2.75, 3.05) is 7.11 Å². The van der Waals surface area contributed by atoms with Crippen molar-refractivity contribution in [3.8, 4) is 11.1 Å². The highest BCUT2D eigenvalue weighted by Crippen LogP contribution is 2.37. The van der Waals surface area contributed by atoms with E-state index >= 15 is 0 Å². The molecule has 0 saturated heterocycles. The number of ether oxygens (including phenoxy) is 1. The Morgan fingerprint density at radius 1 is 1.28 bits per heavy atom. The third-order valence-corrected chi connectivity index (χ3v) is 4.49. The number of aliphatic hydroxyl groups is 3. The summed E-state index contributed by atoms with van der Waals surface area (Å²) in [5.41, 5.74) is -0.388. The number of rotatable bonds is 5. The number of aliphatic hydroxyl groups excluding tert-OH is 3. The van der Waals surface area contributed by atoms with Crippen LogP contribution in [0, 0.1) is 10.1 Å². The van der Waals surface area contributed by atoms with Crippen molar-refractivity contribution in [3.05, 3.63) is 57.4 Å². The van der Waals surface area contributed by atoms with Crippen LogP contribution in [0.15, 0.2) is 30.3 Å². The molecular formula is C17H16N4O8. The minimum absolute atomic E-state index is 0.0255. The van der Waals surface area contributed by atoms with Gasteiger partial charge in [0.2, 0.25) is 0 Å². The molecule has 4 unspecified atom stereocenters. The zero-order chi connectivity index (χ0) is 21.3. The van der Waals surface area contributed by atoms with Gasteiger partial charge in [0, 0.05) is 11.1 Å². The van der Waals surface area contributed by atoms with Gasteiger partial charge >= 0.3 is 12.2 Å². The number of hydrogen-bond donors (Lipinski definition) is 4. The van der Waals surface area contributed by atoms with E-state index in [2.05, 4.69) is 15.5 Å². The average molecular weight is 404 g/mol. The standard InChI is InChI=1S/C17H16N4O8/c1-29-17(26)11-8(7-5-3-2-4-6-7)9-10(19-20-11)15(24)18-12(13(9)22)14(23)16(25)21(27)28/h2-6,12-14,16,22-23,25H,1H3,(H,18,24). The van der Waals surface area contributed by atoms with Crippen molar-refractivity contribution >= 4 is 11.9 Å². The molecule has 1 aliphatic rings. The number of hydrogen-bond acceptors (Lipinski definition) is 10. The maximum atomic E-state index is 12.5. The van der Waals surface area contributed by atoms with Crippen molar-refractivity contribution in [2.45, 2.75) is 24.5 Å². The van der Waals surface area contributed by atoms with E-state index in [0.29, 0.717) is 5.56 Å². The number of carbonyl (C=O) groups excluding carboxylic acids is 2. The Morgan fingerprint density at radius 3 is 2.52 bits per heavy atom. The van der Waals surface area contributed by atoms with Crippen LogP contribution < -0.4 is 5.32 Å². The largest absolute Gasteiger partial charge is 0.464 e. The van der Waals surface area contributed by atoms with Crippen LogP contribution in [0.3, 0.4) is 0 Å². The molecule has 2 aromatic rings. The highest BCUT2D eigenvalue weighted by molar-refractivity contribution is 6.02. The quantitative estimate of drug-likeness (QED) is 0.209. The van der Waals surface area contributed by atoms with E-state index in [0.717, 1.165) is 7.11 Å². The number of fused-ring (bicyclic) bond motifs is 1. The summed E-state index contributed by atoms with van der Waals surface area (Å²) in [5, 5.41) is 50.9. The second kappa shape index (κ2) is 7.87. The van der Waals surface area contributed by atoms with Crippen LogP contribution in [0.2, 0.25) is 0 Å². The van der Waals surface area contributed by atoms with Crippen molar-refractivity contribution < 1.29 is 34.6 Å². The lowest BCUT2D eigenvalue weighted by Crippen LogP contribution is -2.56. The molecule has 1 aromatic carbocycles. The van der Waals surface area contributed by atoms with Gasteiger partial charge in [0.25, 0.3) is 5.91 Å². The third-order valence-electron chi connectivity index (χ3n) is 4.49. The first-order chi connectivity index (χ1) is 13.8. The van der Waals surface area contributed by atoms with Gasteiger partial charge in [-0.1, -0.05) is 30.3 Å². The number of aromatic nitrogens is 2. The van der Waals surface area contributed by atoms with Crippen LogP contribution >= 0.6 is 0 Å². The van der Waals surface area contributed by atoms with Crippen molar-refractivity contribution in [3.63, 3.8) is 0 Å². The number of benzene rings is 1. The highest BCUT2D eigenvalue weighted by Gasteiger charge is 2.46. The predicted octanol–water partition coefficient (Wildman–Crippen LogP) is -0.968. The van der Waals surface area contributed by atoms with E-state index in [1.54, 1.807) is 30.3 Å². The molecule has 1 amide bonds. The summed E-state index contributed by atoms with van der Waals surface area (Å²) in [6, 6.07) is 6.50. The molecule has 0 radical (unpaired) electrons. The molecule has 0 bridgehead atoms. The smallest absolute Gasteiger partial charge is 0.359 e. The summed E-state index contributed by atoms with van der Waals surface area (Å²) in [4.78, 5) is 34.3. The molecule has 0 spiro atoms. The third kappa shape index (κ3) is 3.51. The molecule has 3 rings (SSSR count). The van der Waals surface area contributed by atoms with E-state index < -0.39 is 41.3 Å². The minimum atomic E-state index is -2.47. The molecule has 0 fully saturated rings. The van der Waals surface area contributed by atoms with Crippen molar-refractivity contribution in [2.24, 2.45) is 0 Å². The number of methoxy groups -OCH3 is 1. The van der Waals surface area contributed by atoms with E-state index in [-0.39, 0.29) is 22.5 Å². The summed E-state index contributed by atoms with van der Waals surface area (Å²) in [7, 11) is 1.11. The normalized spacial score (nSPS) is 20.2. The second-order valence-corrected chi connectivity index (χ2v) is 6.18. The Morgan fingerprint density at radius 2 is 1.93 bits per heavy atom. The molecule has 0 aliphatic carbocycles. The summed E-state index contributed by atoms with van der Waals surface area (Å²) in [5.74, 6) is -1.79. The molecule has 0 saturated carbocycles. The molecule has 1 aliphatic heterocycles. The van der Waals surface area contributed by atoms with E-state index in [1.807, 2.05) is 0 Å². The first-order valence-corrected chi connectivity index (χ1v) is 8.30. The van der Waals surface area contributed by atoms with Gasteiger partial charge in [-0.15, -0.1) is 10.2 Å². The van der Waals surface area contributed by atoms with Gasteiger partial charge in [0.15, 0.2) is 17.5 Å². The van der Waals surface area contributed by atoms with Gasteiger partial charge in [-0.2, -0.15) is 0 Å². The van der Waals surface area contributed by atoms with Crippen LogP contribution in [-0.4, -0.2) is 67.8 Å². The van der Waals surface area contributed by atoms with Gasteiger partial charge in [-0.25, -0.2) is 4.79 Å². The lowest BCUT2D eigenvalue weighted by atomic mass is 9.85. The topological polar surface area (TPSA) is 185 Å². The van der Waals surface area contributed by atoms with Crippen molar-refractivity contribution in [1.82, 2.24) is 15.5 Å². The highest BCUT2D eigenvalue weighted by atomic mass is 16.7. The van der Waals surface area contributed by atoms with Crippen LogP contribution in [-0.2, 0) is 4.74 Å². The molecule has 2 heterocycles. The van der Waals surface area contributed by atoms with E-state index in [9.17, 15) is 35.0 Å². The van der Waals surface area contributed by atoms with Crippen LogP contribution in [0.25, 0.3) is 11.1 Å². The predicted molar refractivity (Wildman–Crippen MR) is 94.0 cm³/mol. The van der Waals surface area contributed by atoms with Gasteiger partial charge in [-0.3, -0.25) is 14.9 Å². The average Bonchev–Trinajstić information content (AvgIpc) is 2.74. The lowest BCUT2D eigenvalue weighted by Gasteiger charge is -2.34. The summed E-state index contributed by atoms with van der Waals surface area (Å²) < 4.78 is 4.69. The van der Waals surface area contributed by atoms with Crippen LogP contribution in [0.4, 0.5) is 0 Å². The SMILES string of the molecule is COC(=O)c1nnc2c(c1-c1ccccc1)C(O)C(C(O)C(O)[N+](=O)[O-])NC2=O. The fourth-order valence-corrected chi connectivity index (χ4v) is 3.10. The maximum absolute atomic E-state index is 12.5. The number of nitrogens with zero attached hydrogens (tertiary/aromatic N) is 3. The Balaban J connectivity index is 2.23. The minimum Gasteiger partial charge on any atom is -0.464 e. The van der Waals surface area contributed by atoms with Crippen LogP contribution in [0.1, 0.15) is 32.6 Å². The summed E-state index contributed by atoms with van der Waals surface area (Å²) in [6.07, 6.45) is -6.36. The molecule has 29 heavy (non-hydrogen) atoms. The number of carbonyl (C=O) groups is 2. The first kappa shape index (κ1) is 20.3. The van der Waals surface area contributed by atoms with Crippen LogP contribution in [0.5, 0.6) is 0 Å². The maximum Gasteiger partial charge on any atom is 0.359 e. The van der Waals surface area contributed by atoms with E-state index in [1.165, 1.54) is 0 Å². The molecule has 1 aromatic heterocycles. The summed E-state index contributed by atoms with van der Waals surface area (Å²) in [6.45, 7) is 0. The number of nitrogens with one attached hydrogen (secondary N) is 1. The Bertz CT molecular complexity index is 967. The number of esters is 1. The molecule has 12 nitrogen and oxygen atoms in total. The van der Waals surface area contributed by atoms with E-state index in [4.69, 9.17) is 4.74 Å². The zero-order valence-corrected chi connectivity index (χ0v) is 14.9. The summed E-state index contributed by atoms with van der Waals surface area (Å²) >= 11 is 0. The number of amides is 1. The fraction of sp³-hybridized carbons (Fsp3) is 0.294. The Labute approximate surface area is 162 Å². The van der Waals surface area contributed by atoms with Gasteiger partial charge in [0.05, 0.1) is 18.1 Å². The molecular weight excluding hydrogens is 388 g/mol. The molecule has 4 N–H and O–H groups in total. The molecule has 4 atom stereocenters. The Kier molecular flexibility index (Phi) is 5.50. The molecule has 12 heteroatoms. The van der Waals surface area contributed by atoms with Gasteiger partial charge in [-0.05, 0) is 5.56 Å². The number of nitro groups is 1. The zero-order valence-electron chi connectivity index (χ0n) is 14.9. The second-order valence-electron chi connectivity index (χ2n) is 6.18. The van der Waals surface area contributed by atoms with Gasteiger partial charge in [0.1, 0.15) is 6.10 Å². The molecule has 152 valence electrons. The lowest BCUT2D eigenvalue weighted by molar-refractivity contribution is -0.584. The Hall–Kier alpha value is -3.48. The van der Waals surface area contributed by atoms with Crippen molar-refractivity contribution in [1.29, 1.82) is 0 Å². The first-order valence-electron chi connectivity index (χ1n) is 8.30.